The molecule has 1 unspecified atom stereocenters. The summed E-state index contributed by atoms with van der Waals surface area (Å²) in [6.07, 6.45) is 4.65. The monoisotopic (exact) mass is 228 g/mol. The fraction of sp³-hybridized carbons (Fsp3) is 0.917. The number of rotatable bonds is 5. The predicted octanol–water partition coefficient (Wildman–Crippen LogP) is 0.796. The summed E-state index contributed by atoms with van der Waals surface area (Å²) < 4.78 is 0. The zero-order valence-electron chi connectivity index (χ0n) is 10.4. The smallest absolute Gasteiger partial charge is 0.237 e. The van der Waals surface area contributed by atoms with Crippen molar-refractivity contribution in [3.63, 3.8) is 0 Å². The van der Waals surface area contributed by atoms with Crippen LogP contribution in [0.3, 0.4) is 0 Å². The third kappa shape index (κ3) is 3.19. The van der Waals surface area contributed by atoms with Crippen molar-refractivity contribution in [2.45, 2.75) is 57.5 Å². The highest BCUT2D eigenvalue weighted by atomic mass is 16.3. The van der Waals surface area contributed by atoms with E-state index in [0.717, 1.165) is 38.6 Å². The molecule has 1 aliphatic heterocycles. The molecule has 4 nitrogen and oxygen atoms in total. The van der Waals surface area contributed by atoms with Crippen LogP contribution in [0.1, 0.15) is 46.0 Å². The number of carbonyl (C=O) groups excluding carboxylic acids is 1. The lowest BCUT2D eigenvalue weighted by Gasteiger charge is -2.34. The van der Waals surface area contributed by atoms with E-state index in [1.165, 1.54) is 0 Å². The van der Waals surface area contributed by atoms with E-state index in [1.807, 2.05) is 13.8 Å². The molecule has 0 saturated carbocycles. The molecule has 0 aromatic carbocycles. The van der Waals surface area contributed by atoms with Crippen LogP contribution in [0.5, 0.6) is 0 Å². The molecule has 1 atom stereocenters. The summed E-state index contributed by atoms with van der Waals surface area (Å²) in [6, 6.07) is -0.144. The van der Waals surface area contributed by atoms with Gasteiger partial charge in [-0.15, -0.1) is 0 Å². The van der Waals surface area contributed by atoms with Crippen LogP contribution in [0.25, 0.3) is 0 Å². The fourth-order valence-corrected chi connectivity index (χ4v) is 2.17. The lowest BCUT2D eigenvalue weighted by molar-refractivity contribution is -0.123. The van der Waals surface area contributed by atoms with Crippen LogP contribution in [0, 0.1) is 0 Å². The Bertz CT molecular complexity index is 219. The number of aliphatic hydroxyl groups is 1. The molecule has 1 aliphatic rings. The lowest BCUT2D eigenvalue weighted by Crippen LogP contribution is -2.56. The van der Waals surface area contributed by atoms with Gasteiger partial charge >= 0.3 is 0 Å². The summed E-state index contributed by atoms with van der Waals surface area (Å²) >= 11 is 0. The topological polar surface area (TPSA) is 61.4 Å². The number of nitrogens with one attached hydrogen (secondary N) is 2. The summed E-state index contributed by atoms with van der Waals surface area (Å²) in [6.45, 7) is 4.95. The third-order valence-corrected chi connectivity index (χ3v) is 3.67. The van der Waals surface area contributed by atoms with Crippen LogP contribution >= 0.6 is 0 Å². The zero-order chi connectivity index (χ0) is 12.0. The molecule has 1 fully saturated rings. The molecule has 3 N–H and O–H groups in total. The van der Waals surface area contributed by atoms with Crippen LogP contribution in [-0.2, 0) is 4.79 Å². The van der Waals surface area contributed by atoms with Crippen LogP contribution in [-0.4, -0.2) is 35.7 Å². The van der Waals surface area contributed by atoms with E-state index < -0.39 is 0 Å². The first kappa shape index (κ1) is 13.5. The number of hydrogen-bond donors (Lipinski definition) is 3. The van der Waals surface area contributed by atoms with E-state index in [2.05, 4.69) is 10.6 Å². The Morgan fingerprint density at radius 2 is 2.12 bits per heavy atom. The van der Waals surface area contributed by atoms with Crippen molar-refractivity contribution in [2.24, 2.45) is 0 Å². The Morgan fingerprint density at radius 1 is 1.44 bits per heavy atom. The third-order valence-electron chi connectivity index (χ3n) is 3.67. The average Bonchev–Trinajstić information content (AvgIpc) is 2.52. The maximum atomic E-state index is 11.8. The van der Waals surface area contributed by atoms with Gasteiger partial charge in [0.05, 0.1) is 12.6 Å². The van der Waals surface area contributed by atoms with Gasteiger partial charge in [0, 0.05) is 12.1 Å². The summed E-state index contributed by atoms with van der Waals surface area (Å²) in [7, 11) is 0. The minimum atomic E-state index is -0.299. The van der Waals surface area contributed by atoms with Crippen molar-refractivity contribution in [3.8, 4) is 0 Å². The first-order valence-corrected chi connectivity index (χ1v) is 6.33. The highest BCUT2D eigenvalue weighted by molar-refractivity contribution is 5.82. The molecule has 0 aliphatic carbocycles. The molecule has 0 spiro atoms. The summed E-state index contributed by atoms with van der Waals surface area (Å²) in [5.41, 5.74) is -0.299. The van der Waals surface area contributed by atoms with Gasteiger partial charge in [0.15, 0.2) is 0 Å². The lowest BCUT2D eigenvalue weighted by atomic mass is 9.92. The van der Waals surface area contributed by atoms with Crippen LogP contribution in [0.2, 0.25) is 0 Å². The zero-order valence-corrected chi connectivity index (χ0v) is 10.4. The van der Waals surface area contributed by atoms with Gasteiger partial charge in [0.2, 0.25) is 5.91 Å². The minimum Gasteiger partial charge on any atom is -0.394 e. The molecule has 4 heteroatoms. The molecule has 94 valence electrons. The SMILES string of the molecule is CCC(CC)(CO)NC1CCCCNC1=O. The van der Waals surface area contributed by atoms with Crippen LogP contribution in [0.15, 0.2) is 0 Å². The number of amides is 1. The van der Waals surface area contributed by atoms with Crippen LogP contribution < -0.4 is 10.6 Å². The Hall–Kier alpha value is -0.610. The molecule has 16 heavy (non-hydrogen) atoms. The van der Waals surface area contributed by atoms with Gasteiger partial charge in [-0.25, -0.2) is 0 Å². The predicted molar refractivity (Wildman–Crippen MR) is 64.2 cm³/mol. The van der Waals surface area contributed by atoms with E-state index in [4.69, 9.17) is 0 Å². The summed E-state index contributed by atoms with van der Waals surface area (Å²) in [5, 5.41) is 15.7. The average molecular weight is 228 g/mol. The second kappa shape index (κ2) is 6.21. The van der Waals surface area contributed by atoms with Crippen LogP contribution in [0.4, 0.5) is 0 Å². The van der Waals surface area contributed by atoms with Crippen molar-refractivity contribution in [3.05, 3.63) is 0 Å². The van der Waals surface area contributed by atoms with Gasteiger partial charge in [-0.2, -0.15) is 0 Å². The van der Waals surface area contributed by atoms with E-state index in [0.29, 0.717) is 0 Å². The number of hydrogen-bond acceptors (Lipinski definition) is 3. The maximum absolute atomic E-state index is 11.8. The van der Waals surface area contributed by atoms with Gasteiger partial charge in [0.1, 0.15) is 0 Å². The Balaban J connectivity index is 2.64. The molecule has 0 bridgehead atoms. The van der Waals surface area contributed by atoms with E-state index in [1.54, 1.807) is 0 Å². The standard InChI is InChI=1S/C12H24N2O2/c1-3-12(4-2,9-15)14-10-7-5-6-8-13-11(10)16/h10,14-15H,3-9H2,1-2H3,(H,13,16). The second-order valence-electron chi connectivity index (χ2n) is 4.63. The van der Waals surface area contributed by atoms with Crippen molar-refractivity contribution < 1.29 is 9.90 Å². The molecule has 0 aromatic heterocycles. The Kier molecular flexibility index (Phi) is 5.22. The maximum Gasteiger partial charge on any atom is 0.237 e. The van der Waals surface area contributed by atoms with Gasteiger partial charge in [0.25, 0.3) is 0 Å². The Labute approximate surface area is 97.8 Å². The molecular formula is C12H24N2O2. The molecule has 1 amide bonds. The Morgan fingerprint density at radius 3 is 2.69 bits per heavy atom. The first-order chi connectivity index (χ1) is 7.67. The molecule has 0 aromatic rings. The molecule has 1 rings (SSSR count). The highest BCUT2D eigenvalue weighted by Crippen LogP contribution is 2.17. The van der Waals surface area contributed by atoms with Gasteiger partial charge in [-0.05, 0) is 32.1 Å². The van der Waals surface area contributed by atoms with Gasteiger partial charge < -0.3 is 10.4 Å². The second-order valence-corrected chi connectivity index (χ2v) is 4.63. The minimum absolute atomic E-state index is 0.0808. The first-order valence-electron chi connectivity index (χ1n) is 6.33. The number of carbonyl (C=O) groups is 1. The van der Waals surface area contributed by atoms with Gasteiger partial charge in [-0.3, -0.25) is 10.1 Å². The summed E-state index contributed by atoms with van der Waals surface area (Å²) in [4.78, 5) is 11.8. The van der Waals surface area contributed by atoms with Crippen molar-refractivity contribution in [1.82, 2.24) is 10.6 Å². The fourth-order valence-electron chi connectivity index (χ4n) is 2.17. The largest absolute Gasteiger partial charge is 0.394 e. The highest BCUT2D eigenvalue weighted by Gasteiger charge is 2.31. The normalized spacial score (nSPS) is 22.7. The summed E-state index contributed by atoms with van der Waals surface area (Å²) in [5.74, 6) is 0.0808. The number of aliphatic hydroxyl groups excluding tert-OH is 1. The van der Waals surface area contributed by atoms with Crippen molar-refractivity contribution in [1.29, 1.82) is 0 Å². The quantitative estimate of drug-likeness (QED) is 0.652. The van der Waals surface area contributed by atoms with Crippen molar-refractivity contribution in [2.75, 3.05) is 13.2 Å². The molecular weight excluding hydrogens is 204 g/mol. The van der Waals surface area contributed by atoms with E-state index in [9.17, 15) is 9.90 Å². The molecule has 1 heterocycles. The van der Waals surface area contributed by atoms with Crippen molar-refractivity contribution >= 4 is 5.91 Å². The van der Waals surface area contributed by atoms with Gasteiger partial charge in [-0.1, -0.05) is 13.8 Å². The molecule has 0 radical (unpaired) electrons. The molecule has 1 saturated heterocycles. The van der Waals surface area contributed by atoms with E-state index in [-0.39, 0.29) is 24.1 Å². The van der Waals surface area contributed by atoms with E-state index >= 15 is 0 Å².